The highest BCUT2D eigenvalue weighted by Crippen LogP contribution is 2.32. The summed E-state index contributed by atoms with van der Waals surface area (Å²) in [5.74, 6) is -0.144. The minimum absolute atomic E-state index is 0.0943. The van der Waals surface area contributed by atoms with Crippen molar-refractivity contribution >= 4 is 11.8 Å². The fraction of sp³-hybridized carbons (Fsp3) is 0.619. The van der Waals surface area contributed by atoms with E-state index in [0.717, 1.165) is 12.8 Å². The van der Waals surface area contributed by atoms with Gasteiger partial charge in [0.1, 0.15) is 5.82 Å². The van der Waals surface area contributed by atoms with E-state index in [1.165, 1.54) is 25.0 Å². The molecule has 2 amide bonds. The van der Waals surface area contributed by atoms with Crippen molar-refractivity contribution < 1.29 is 14.0 Å². The monoisotopic (exact) mass is 375 g/mol. The zero-order chi connectivity index (χ0) is 19.4. The van der Waals surface area contributed by atoms with Gasteiger partial charge in [-0.05, 0) is 37.8 Å². The molecule has 1 atom stereocenters. The number of nitrogens with zero attached hydrogens (tertiary/aromatic N) is 3. The molecule has 148 valence electrons. The van der Waals surface area contributed by atoms with Crippen LogP contribution in [0.2, 0.25) is 0 Å². The molecule has 1 aromatic carbocycles. The van der Waals surface area contributed by atoms with Crippen molar-refractivity contribution in [3.63, 3.8) is 0 Å². The number of hydrogen-bond acceptors (Lipinski definition) is 3. The fourth-order valence-electron chi connectivity index (χ4n) is 4.32. The van der Waals surface area contributed by atoms with Crippen LogP contribution in [-0.2, 0) is 4.79 Å². The Labute approximate surface area is 161 Å². The molecule has 1 aliphatic carbocycles. The number of carbonyl (C=O) groups is 2. The molecule has 2 fully saturated rings. The molecule has 27 heavy (non-hydrogen) atoms. The lowest BCUT2D eigenvalue weighted by Gasteiger charge is -2.42. The number of likely N-dealkylation sites (N-methyl/N-ethyl adjacent to an activating group) is 1. The molecule has 1 heterocycles. The van der Waals surface area contributed by atoms with Crippen LogP contribution >= 0.6 is 0 Å². The molecular formula is C21H30FN3O2. The molecule has 5 nitrogen and oxygen atoms in total. The van der Waals surface area contributed by atoms with E-state index in [1.807, 2.05) is 14.0 Å². The predicted octanol–water partition coefficient (Wildman–Crippen LogP) is 2.62. The highest BCUT2D eigenvalue weighted by atomic mass is 19.1. The Hall–Kier alpha value is -1.95. The van der Waals surface area contributed by atoms with Crippen molar-refractivity contribution in [1.29, 1.82) is 0 Å². The average Bonchev–Trinajstić information content (AvgIpc) is 3.22. The third-order valence-corrected chi connectivity index (χ3v) is 6.05. The van der Waals surface area contributed by atoms with Gasteiger partial charge in [0, 0.05) is 39.8 Å². The van der Waals surface area contributed by atoms with Crippen molar-refractivity contribution in [2.75, 3.05) is 39.8 Å². The topological polar surface area (TPSA) is 43.9 Å². The smallest absolute Gasteiger partial charge is 0.256 e. The molecule has 0 aromatic heterocycles. The SMILES string of the molecule is CCN(C)C(=O)[C@@H](C1CCCC1)N1CCN(C(=O)c2ccccc2F)CC1. The van der Waals surface area contributed by atoms with Crippen LogP contribution in [0, 0.1) is 11.7 Å². The first kappa shape index (κ1) is 19.8. The van der Waals surface area contributed by atoms with Crippen LogP contribution < -0.4 is 0 Å². The number of piperazine rings is 1. The number of benzene rings is 1. The largest absolute Gasteiger partial charge is 0.345 e. The van der Waals surface area contributed by atoms with Gasteiger partial charge >= 0.3 is 0 Å². The van der Waals surface area contributed by atoms with Gasteiger partial charge in [-0.25, -0.2) is 4.39 Å². The molecule has 1 aliphatic heterocycles. The van der Waals surface area contributed by atoms with Crippen LogP contribution in [-0.4, -0.2) is 72.3 Å². The van der Waals surface area contributed by atoms with Crippen LogP contribution in [0.5, 0.6) is 0 Å². The summed E-state index contributed by atoms with van der Waals surface area (Å²) in [6.07, 6.45) is 4.58. The van der Waals surface area contributed by atoms with Gasteiger partial charge in [-0.1, -0.05) is 25.0 Å². The third kappa shape index (κ3) is 4.32. The van der Waals surface area contributed by atoms with E-state index in [4.69, 9.17) is 0 Å². The van der Waals surface area contributed by atoms with Crippen LogP contribution in [0.25, 0.3) is 0 Å². The summed E-state index contributed by atoms with van der Waals surface area (Å²) in [5.41, 5.74) is 0.125. The minimum Gasteiger partial charge on any atom is -0.345 e. The van der Waals surface area contributed by atoms with E-state index in [-0.39, 0.29) is 23.4 Å². The van der Waals surface area contributed by atoms with Gasteiger partial charge in [-0.3, -0.25) is 14.5 Å². The Balaban J connectivity index is 1.67. The van der Waals surface area contributed by atoms with Crippen molar-refractivity contribution in [2.45, 2.75) is 38.6 Å². The third-order valence-electron chi connectivity index (χ3n) is 6.05. The molecule has 0 bridgehead atoms. The van der Waals surface area contributed by atoms with Gasteiger partial charge in [0.15, 0.2) is 0 Å². The van der Waals surface area contributed by atoms with Gasteiger partial charge in [0.2, 0.25) is 5.91 Å². The van der Waals surface area contributed by atoms with E-state index >= 15 is 0 Å². The molecule has 0 unspecified atom stereocenters. The zero-order valence-corrected chi connectivity index (χ0v) is 16.4. The molecule has 6 heteroatoms. The van der Waals surface area contributed by atoms with Crippen molar-refractivity contribution in [2.24, 2.45) is 5.92 Å². The summed E-state index contributed by atoms with van der Waals surface area (Å²) in [6, 6.07) is 6.03. The molecule has 3 rings (SSSR count). The number of amides is 2. The average molecular weight is 375 g/mol. The lowest BCUT2D eigenvalue weighted by atomic mass is 9.94. The van der Waals surface area contributed by atoms with Crippen LogP contribution in [0.15, 0.2) is 24.3 Å². The van der Waals surface area contributed by atoms with Crippen LogP contribution in [0.4, 0.5) is 4.39 Å². The maximum atomic E-state index is 13.9. The Morgan fingerprint density at radius 2 is 1.78 bits per heavy atom. The fourth-order valence-corrected chi connectivity index (χ4v) is 4.32. The summed E-state index contributed by atoms with van der Waals surface area (Å²) in [6.45, 7) is 5.07. The summed E-state index contributed by atoms with van der Waals surface area (Å²) in [7, 11) is 1.86. The molecule has 1 saturated heterocycles. The quantitative estimate of drug-likeness (QED) is 0.795. The minimum atomic E-state index is -0.478. The molecular weight excluding hydrogens is 345 g/mol. The highest BCUT2D eigenvalue weighted by Gasteiger charge is 2.38. The van der Waals surface area contributed by atoms with Crippen molar-refractivity contribution in [1.82, 2.24) is 14.7 Å². The first-order chi connectivity index (χ1) is 13.0. The summed E-state index contributed by atoms with van der Waals surface area (Å²) in [5, 5.41) is 0. The van der Waals surface area contributed by atoms with Gasteiger partial charge in [-0.15, -0.1) is 0 Å². The Bertz CT molecular complexity index is 667. The summed E-state index contributed by atoms with van der Waals surface area (Å²) in [4.78, 5) is 31.4. The number of carbonyl (C=O) groups excluding carboxylic acids is 2. The summed E-state index contributed by atoms with van der Waals surface area (Å²) >= 11 is 0. The maximum Gasteiger partial charge on any atom is 0.256 e. The van der Waals surface area contributed by atoms with E-state index in [0.29, 0.717) is 38.6 Å². The summed E-state index contributed by atoms with van der Waals surface area (Å²) < 4.78 is 13.9. The molecule has 0 spiro atoms. The standard InChI is InChI=1S/C21H30FN3O2/c1-3-23(2)21(27)19(16-8-4-5-9-16)24-12-14-25(15-13-24)20(26)17-10-6-7-11-18(17)22/h6-7,10-11,16,19H,3-5,8-9,12-15H2,1-2H3/t19-/m1/s1. The van der Waals surface area contributed by atoms with Crippen molar-refractivity contribution in [3.05, 3.63) is 35.6 Å². The number of rotatable bonds is 5. The second-order valence-electron chi connectivity index (χ2n) is 7.65. The molecule has 0 radical (unpaired) electrons. The zero-order valence-electron chi connectivity index (χ0n) is 16.4. The Morgan fingerprint density at radius 1 is 1.15 bits per heavy atom. The van der Waals surface area contributed by atoms with Gasteiger partial charge in [0.25, 0.3) is 5.91 Å². The Kier molecular flexibility index (Phi) is 6.47. The highest BCUT2D eigenvalue weighted by molar-refractivity contribution is 5.94. The molecule has 0 N–H and O–H groups in total. The maximum absolute atomic E-state index is 13.9. The molecule has 1 aromatic rings. The lowest BCUT2D eigenvalue weighted by molar-refractivity contribution is -0.138. The van der Waals surface area contributed by atoms with E-state index < -0.39 is 5.82 Å². The lowest BCUT2D eigenvalue weighted by Crippen LogP contribution is -2.58. The van der Waals surface area contributed by atoms with Crippen LogP contribution in [0.3, 0.4) is 0 Å². The number of hydrogen-bond donors (Lipinski definition) is 0. The van der Waals surface area contributed by atoms with E-state index in [2.05, 4.69) is 4.90 Å². The van der Waals surface area contributed by atoms with Crippen molar-refractivity contribution in [3.8, 4) is 0 Å². The van der Waals surface area contributed by atoms with Gasteiger partial charge in [-0.2, -0.15) is 0 Å². The van der Waals surface area contributed by atoms with E-state index in [9.17, 15) is 14.0 Å². The molecule has 2 aliphatic rings. The normalized spacial score (nSPS) is 19.9. The first-order valence-corrected chi connectivity index (χ1v) is 10.1. The van der Waals surface area contributed by atoms with Crippen LogP contribution in [0.1, 0.15) is 43.0 Å². The predicted molar refractivity (Wildman–Crippen MR) is 103 cm³/mol. The Morgan fingerprint density at radius 3 is 2.37 bits per heavy atom. The first-order valence-electron chi connectivity index (χ1n) is 10.1. The second kappa shape index (κ2) is 8.83. The van der Waals surface area contributed by atoms with Gasteiger partial charge in [0.05, 0.1) is 11.6 Å². The van der Waals surface area contributed by atoms with Gasteiger partial charge < -0.3 is 9.80 Å². The van der Waals surface area contributed by atoms with E-state index in [1.54, 1.807) is 21.9 Å². The molecule has 1 saturated carbocycles. The second-order valence-corrected chi connectivity index (χ2v) is 7.65. The number of halogens is 1.